The van der Waals surface area contributed by atoms with Gasteiger partial charge in [0, 0.05) is 10.1 Å². The van der Waals surface area contributed by atoms with E-state index < -0.39 is 11.9 Å². The van der Waals surface area contributed by atoms with Crippen molar-refractivity contribution >= 4 is 77.8 Å². The summed E-state index contributed by atoms with van der Waals surface area (Å²) in [4.78, 5) is 25.1. The van der Waals surface area contributed by atoms with Gasteiger partial charge in [-0.1, -0.05) is 60.1 Å². The number of ether oxygens (including phenoxy) is 2. The lowest BCUT2D eigenvalue weighted by atomic mass is 10.1. The Morgan fingerprint density at radius 2 is 1.68 bits per heavy atom. The topological polar surface area (TPSA) is 77.0 Å². The minimum atomic E-state index is -0.516. The van der Waals surface area contributed by atoms with E-state index in [1.807, 2.05) is 60.7 Å². The summed E-state index contributed by atoms with van der Waals surface area (Å²) in [6.45, 7) is -0.191. The van der Waals surface area contributed by atoms with Crippen LogP contribution in [-0.4, -0.2) is 24.7 Å². The van der Waals surface area contributed by atoms with E-state index in [0.29, 0.717) is 27.0 Å². The number of carbonyl (C=O) groups is 2. The van der Waals surface area contributed by atoms with Crippen LogP contribution in [0.3, 0.4) is 0 Å². The van der Waals surface area contributed by atoms with E-state index in [9.17, 15) is 9.59 Å². The molecule has 0 unspecified atom stereocenters. The fourth-order valence-corrected chi connectivity index (χ4v) is 5.59. The normalized spacial score (nSPS) is 11.2. The average Bonchev–Trinajstić information content (AvgIpc) is 3.26. The summed E-state index contributed by atoms with van der Waals surface area (Å²) >= 11 is 11.2. The molecule has 37 heavy (non-hydrogen) atoms. The molecule has 0 saturated carbocycles. The highest BCUT2D eigenvalue weighted by molar-refractivity contribution is 9.10. The van der Waals surface area contributed by atoms with Crippen molar-refractivity contribution in [2.45, 2.75) is 0 Å². The van der Waals surface area contributed by atoms with E-state index in [-0.39, 0.29) is 6.61 Å². The van der Waals surface area contributed by atoms with E-state index in [4.69, 9.17) is 21.1 Å². The molecule has 0 aliphatic rings. The standard InChI is InChI=1S/C28H18BrClN2O4S/c29-25-20-6-2-1-5-18(20)11-14-22(25)35-16-24(33)32-31-15-17-9-12-19(13-10-17)36-28(34)27-26(30)21-7-3-4-8-23(21)37-27/h1-15H,16H2,(H,32,33). The molecule has 0 aliphatic heterocycles. The number of fused-ring (bicyclic) bond motifs is 2. The van der Waals surface area contributed by atoms with Crippen LogP contribution in [0.15, 0.2) is 94.5 Å². The molecule has 1 aromatic heterocycles. The average molecular weight is 594 g/mol. The smallest absolute Gasteiger partial charge is 0.355 e. The Labute approximate surface area is 229 Å². The number of nitrogens with zero attached hydrogens (tertiary/aromatic N) is 1. The van der Waals surface area contributed by atoms with Crippen LogP contribution in [-0.2, 0) is 4.79 Å². The molecular formula is C28H18BrClN2O4S. The van der Waals surface area contributed by atoms with Gasteiger partial charge < -0.3 is 9.47 Å². The molecule has 0 aliphatic carbocycles. The monoisotopic (exact) mass is 592 g/mol. The fourth-order valence-electron chi connectivity index (χ4n) is 3.60. The lowest BCUT2D eigenvalue weighted by molar-refractivity contribution is -0.123. The summed E-state index contributed by atoms with van der Waals surface area (Å²) in [5.41, 5.74) is 3.14. The maximum Gasteiger partial charge on any atom is 0.355 e. The van der Waals surface area contributed by atoms with E-state index >= 15 is 0 Å². The van der Waals surface area contributed by atoms with E-state index in [1.165, 1.54) is 17.6 Å². The summed E-state index contributed by atoms with van der Waals surface area (Å²) in [6, 6.07) is 25.9. The van der Waals surface area contributed by atoms with Gasteiger partial charge in [-0.2, -0.15) is 5.10 Å². The lowest BCUT2D eigenvalue weighted by Crippen LogP contribution is -2.24. The summed E-state index contributed by atoms with van der Waals surface area (Å²) in [7, 11) is 0. The van der Waals surface area contributed by atoms with Gasteiger partial charge in [0.25, 0.3) is 5.91 Å². The molecule has 1 amide bonds. The molecular weight excluding hydrogens is 576 g/mol. The largest absolute Gasteiger partial charge is 0.483 e. The van der Waals surface area contributed by atoms with Crippen molar-refractivity contribution in [1.82, 2.24) is 5.43 Å². The first-order valence-electron chi connectivity index (χ1n) is 11.1. The third-order valence-corrected chi connectivity index (χ3v) is 7.87. The van der Waals surface area contributed by atoms with Gasteiger partial charge in [0.1, 0.15) is 16.4 Å². The van der Waals surface area contributed by atoms with Crippen molar-refractivity contribution in [1.29, 1.82) is 0 Å². The Hall–Kier alpha value is -3.72. The number of thiophene rings is 1. The summed E-state index contributed by atoms with van der Waals surface area (Å²) < 4.78 is 12.8. The number of hydrogen-bond donors (Lipinski definition) is 1. The number of benzene rings is 4. The first kappa shape index (κ1) is 25.0. The minimum Gasteiger partial charge on any atom is -0.483 e. The maximum absolute atomic E-state index is 12.6. The predicted octanol–water partition coefficient (Wildman–Crippen LogP) is 7.22. The number of halogens is 2. The number of nitrogens with one attached hydrogen (secondary N) is 1. The second kappa shape index (κ2) is 11.1. The van der Waals surface area contributed by atoms with Crippen LogP contribution < -0.4 is 14.9 Å². The zero-order chi connectivity index (χ0) is 25.8. The summed E-state index contributed by atoms with van der Waals surface area (Å²) in [5.74, 6) is 0.0222. The van der Waals surface area contributed by atoms with Gasteiger partial charge in [-0.3, -0.25) is 4.79 Å². The van der Waals surface area contributed by atoms with Crippen LogP contribution in [0.1, 0.15) is 15.2 Å². The number of hydrogen-bond acceptors (Lipinski definition) is 6. The van der Waals surface area contributed by atoms with Gasteiger partial charge in [0.2, 0.25) is 0 Å². The SMILES string of the molecule is O=C(COc1ccc2ccccc2c1Br)NN=Cc1ccc(OC(=O)c2sc3ccccc3c2Cl)cc1. The van der Waals surface area contributed by atoms with Crippen LogP contribution >= 0.6 is 38.9 Å². The van der Waals surface area contributed by atoms with Crippen molar-refractivity contribution < 1.29 is 19.1 Å². The molecule has 1 N–H and O–H groups in total. The molecule has 6 nitrogen and oxygen atoms in total. The number of hydrazone groups is 1. The molecule has 5 rings (SSSR count). The number of amides is 1. The summed E-state index contributed by atoms with van der Waals surface area (Å²) in [6.07, 6.45) is 1.48. The summed E-state index contributed by atoms with van der Waals surface area (Å²) in [5, 5.41) is 7.24. The molecule has 5 aromatic rings. The molecule has 0 spiro atoms. The number of rotatable bonds is 7. The highest BCUT2D eigenvalue weighted by atomic mass is 79.9. The van der Waals surface area contributed by atoms with Crippen molar-refractivity contribution in [3.63, 3.8) is 0 Å². The van der Waals surface area contributed by atoms with Crippen LogP contribution in [0.5, 0.6) is 11.5 Å². The second-order valence-electron chi connectivity index (χ2n) is 7.88. The molecule has 0 radical (unpaired) electrons. The van der Waals surface area contributed by atoms with Gasteiger partial charge in [0.15, 0.2) is 6.61 Å². The van der Waals surface area contributed by atoms with E-state index in [1.54, 1.807) is 24.3 Å². The van der Waals surface area contributed by atoms with Gasteiger partial charge >= 0.3 is 5.97 Å². The third-order valence-electron chi connectivity index (χ3n) is 5.40. The lowest BCUT2D eigenvalue weighted by Gasteiger charge is -2.09. The molecule has 9 heteroatoms. The maximum atomic E-state index is 12.6. The van der Waals surface area contributed by atoms with Crippen LogP contribution in [0, 0.1) is 0 Å². The molecule has 1 heterocycles. The molecule has 0 fully saturated rings. The predicted molar refractivity (Wildman–Crippen MR) is 151 cm³/mol. The molecule has 184 valence electrons. The quantitative estimate of drug-likeness (QED) is 0.0936. The molecule has 0 bridgehead atoms. The highest BCUT2D eigenvalue weighted by Crippen LogP contribution is 2.36. The third kappa shape index (κ3) is 5.67. The van der Waals surface area contributed by atoms with Gasteiger partial charge in [-0.15, -0.1) is 11.3 Å². The van der Waals surface area contributed by atoms with Crippen molar-refractivity contribution in [3.8, 4) is 11.5 Å². The first-order chi connectivity index (χ1) is 18.0. The van der Waals surface area contributed by atoms with Crippen molar-refractivity contribution in [3.05, 3.63) is 105 Å². The van der Waals surface area contributed by atoms with Crippen LogP contribution in [0.4, 0.5) is 0 Å². The van der Waals surface area contributed by atoms with Crippen LogP contribution in [0.25, 0.3) is 20.9 Å². The molecule has 0 saturated heterocycles. The van der Waals surface area contributed by atoms with Crippen molar-refractivity contribution in [2.75, 3.05) is 6.61 Å². The Kier molecular flexibility index (Phi) is 7.50. The van der Waals surface area contributed by atoms with Gasteiger partial charge in [-0.25, -0.2) is 10.2 Å². The second-order valence-corrected chi connectivity index (χ2v) is 10.1. The Morgan fingerprint density at radius 3 is 2.46 bits per heavy atom. The Bertz CT molecular complexity index is 1650. The van der Waals surface area contributed by atoms with Crippen LogP contribution in [0.2, 0.25) is 5.02 Å². The van der Waals surface area contributed by atoms with E-state index in [0.717, 1.165) is 25.3 Å². The van der Waals surface area contributed by atoms with E-state index in [2.05, 4.69) is 26.5 Å². The Morgan fingerprint density at radius 1 is 0.946 bits per heavy atom. The minimum absolute atomic E-state index is 0.191. The highest BCUT2D eigenvalue weighted by Gasteiger charge is 2.19. The number of carbonyl (C=O) groups excluding carboxylic acids is 2. The van der Waals surface area contributed by atoms with Crippen molar-refractivity contribution in [2.24, 2.45) is 5.10 Å². The Balaban J connectivity index is 1.14. The zero-order valence-electron chi connectivity index (χ0n) is 19.1. The first-order valence-corrected chi connectivity index (χ1v) is 13.1. The number of esters is 1. The zero-order valence-corrected chi connectivity index (χ0v) is 22.3. The van der Waals surface area contributed by atoms with Gasteiger partial charge in [-0.05, 0) is 68.7 Å². The van der Waals surface area contributed by atoms with Gasteiger partial charge in [0.05, 0.1) is 15.7 Å². The fraction of sp³-hybridized carbons (Fsp3) is 0.0357. The molecule has 4 aromatic carbocycles. The molecule has 0 atom stereocenters.